The molecule has 1 saturated heterocycles. The van der Waals surface area contributed by atoms with Crippen LogP contribution in [0.25, 0.3) is 11.3 Å². The summed E-state index contributed by atoms with van der Waals surface area (Å²) in [7, 11) is 0. The van der Waals surface area contributed by atoms with Gasteiger partial charge in [0.25, 0.3) is 0 Å². The Labute approximate surface area is 186 Å². The van der Waals surface area contributed by atoms with Crippen molar-refractivity contribution < 1.29 is 4.74 Å². The zero-order valence-electron chi connectivity index (χ0n) is 16.9. The molecule has 2 fully saturated rings. The number of nitrogens with zero attached hydrogens (tertiary/aromatic N) is 3. The van der Waals surface area contributed by atoms with Crippen molar-refractivity contribution in [1.29, 1.82) is 5.26 Å². The number of ether oxygens (including phenoxy) is 1. The maximum absolute atomic E-state index is 9.62. The normalized spacial score (nSPS) is 23.5. The first kappa shape index (κ1) is 21.3. The van der Waals surface area contributed by atoms with E-state index in [0.29, 0.717) is 36.9 Å². The van der Waals surface area contributed by atoms with Crippen molar-refractivity contribution in [2.75, 3.05) is 30.4 Å². The van der Waals surface area contributed by atoms with Gasteiger partial charge < -0.3 is 21.1 Å². The highest BCUT2D eigenvalue weighted by Crippen LogP contribution is 2.34. The van der Waals surface area contributed by atoms with E-state index in [2.05, 4.69) is 21.7 Å². The summed E-state index contributed by atoms with van der Waals surface area (Å²) in [4.78, 5) is 9.14. The van der Waals surface area contributed by atoms with Crippen LogP contribution in [0.15, 0.2) is 17.6 Å². The maximum atomic E-state index is 9.62. The lowest BCUT2D eigenvalue weighted by Gasteiger charge is -2.30. The number of halogens is 1. The molecular weight excluding hydrogens is 420 g/mol. The highest BCUT2D eigenvalue weighted by molar-refractivity contribution is 7.14. The fourth-order valence-corrected chi connectivity index (χ4v) is 4.91. The molecule has 1 aliphatic heterocycles. The first-order valence-corrected chi connectivity index (χ1v) is 11.7. The van der Waals surface area contributed by atoms with E-state index in [1.165, 1.54) is 11.3 Å². The summed E-state index contributed by atoms with van der Waals surface area (Å²) in [5.41, 5.74) is 7.27. The van der Waals surface area contributed by atoms with Crippen LogP contribution >= 0.6 is 22.9 Å². The number of hydrogen-bond acceptors (Lipinski definition) is 8. The van der Waals surface area contributed by atoms with Crippen molar-refractivity contribution in [3.63, 3.8) is 0 Å². The number of nitrogens with two attached hydrogens (primary N) is 1. The van der Waals surface area contributed by atoms with Crippen LogP contribution in [0.4, 0.5) is 10.9 Å². The molecule has 7 nitrogen and oxygen atoms in total. The van der Waals surface area contributed by atoms with E-state index in [1.807, 2.05) is 11.4 Å². The minimum Gasteiger partial charge on any atom is -0.381 e. The van der Waals surface area contributed by atoms with E-state index in [0.717, 1.165) is 60.7 Å². The monoisotopic (exact) mass is 446 g/mol. The van der Waals surface area contributed by atoms with E-state index in [4.69, 9.17) is 27.1 Å². The van der Waals surface area contributed by atoms with Crippen molar-refractivity contribution in [1.82, 2.24) is 9.97 Å². The van der Waals surface area contributed by atoms with Gasteiger partial charge in [0, 0.05) is 49.0 Å². The number of rotatable bonds is 6. The largest absolute Gasteiger partial charge is 0.381 e. The second-order valence-corrected chi connectivity index (χ2v) is 9.47. The second kappa shape index (κ2) is 9.48. The van der Waals surface area contributed by atoms with Crippen LogP contribution in [0, 0.1) is 16.7 Å². The fraction of sp³-hybridized carbons (Fsp3) is 0.571. The van der Waals surface area contributed by atoms with E-state index in [9.17, 15) is 5.26 Å². The van der Waals surface area contributed by atoms with Crippen molar-refractivity contribution in [3.8, 4) is 17.3 Å². The van der Waals surface area contributed by atoms with Gasteiger partial charge in [0.1, 0.15) is 5.82 Å². The molecule has 0 atom stereocenters. The number of nitrogens with one attached hydrogen (secondary N) is 2. The highest BCUT2D eigenvalue weighted by Gasteiger charge is 2.32. The van der Waals surface area contributed by atoms with Crippen LogP contribution in [0.3, 0.4) is 0 Å². The summed E-state index contributed by atoms with van der Waals surface area (Å²) in [5, 5.41) is 19.8. The van der Waals surface area contributed by atoms with Gasteiger partial charge in [0.05, 0.1) is 22.2 Å². The first-order chi connectivity index (χ1) is 14.6. The van der Waals surface area contributed by atoms with Gasteiger partial charge in [-0.25, -0.2) is 9.97 Å². The SMILES string of the molecule is N#CC1(CNc2nc(-c3cc(NC4CCC(N)CC4)ncc3Cl)cs2)CCOCC1. The Morgan fingerprint density at radius 1 is 1.30 bits per heavy atom. The molecule has 0 radical (unpaired) electrons. The van der Waals surface area contributed by atoms with Crippen LogP contribution in [0.2, 0.25) is 5.02 Å². The van der Waals surface area contributed by atoms with Crippen LogP contribution in [-0.4, -0.2) is 41.8 Å². The lowest BCUT2D eigenvalue weighted by Crippen LogP contribution is -2.34. The molecule has 2 aromatic rings. The Hall–Kier alpha value is -1.92. The molecule has 1 saturated carbocycles. The first-order valence-electron chi connectivity index (χ1n) is 10.4. The Bertz CT molecular complexity index is 899. The number of anilines is 2. The third kappa shape index (κ3) is 5.03. The molecule has 0 amide bonds. The van der Waals surface area contributed by atoms with Gasteiger partial charge in [0.2, 0.25) is 0 Å². The molecule has 2 aromatic heterocycles. The number of pyridine rings is 1. The molecule has 0 unspecified atom stereocenters. The zero-order valence-corrected chi connectivity index (χ0v) is 18.4. The van der Waals surface area contributed by atoms with Crippen molar-refractivity contribution >= 4 is 33.9 Å². The van der Waals surface area contributed by atoms with Gasteiger partial charge in [-0.2, -0.15) is 5.26 Å². The van der Waals surface area contributed by atoms with E-state index < -0.39 is 5.41 Å². The smallest absolute Gasteiger partial charge is 0.183 e. The minimum atomic E-state index is -0.391. The molecule has 4 rings (SSSR count). The highest BCUT2D eigenvalue weighted by atomic mass is 35.5. The number of aromatic nitrogens is 2. The fourth-order valence-electron chi connectivity index (χ4n) is 4.00. The van der Waals surface area contributed by atoms with Crippen molar-refractivity contribution in [2.45, 2.75) is 50.6 Å². The molecule has 3 heterocycles. The zero-order chi connectivity index (χ0) is 21.0. The van der Waals surface area contributed by atoms with Crippen LogP contribution in [-0.2, 0) is 4.74 Å². The number of nitriles is 1. The number of hydrogen-bond donors (Lipinski definition) is 3. The Morgan fingerprint density at radius 3 is 2.80 bits per heavy atom. The van der Waals surface area contributed by atoms with Gasteiger partial charge in [-0.15, -0.1) is 11.3 Å². The van der Waals surface area contributed by atoms with Gasteiger partial charge in [0.15, 0.2) is 5.13 Å². The standard InChI is InChI=1S/C21H27ClN6OS/c22-17-10-25-19(27-15-3-1-14(24)2-4-15)9-16(17)18-11-30-20(28-18)26-13-21(12-23)5-7-29-8-6-21/h9-11,14-15H,1-8,13,24H2,(H,25,27)(H,26,28). The van der Waals surface area contributed by atoms with E-state index >= 15 is 0 Å². The predicted molar refractivity (Wildman–Crippen MR) is 121 cm³/mol. The molecule has 2 aliphatic rings. The summed E-state index contributed by atoms with van der Waals surface area (Å²) in [6, 6.07) is 5.14. The molecule has 0 aromatic carbocycles. The minimum absolute atomic E-state index is 0.319. The average molecular weight is 447 g/mol. The Balaban J connectivity index is 1.43. The molecule has 0 bridgehead atoms. The van der Waals surface area contributed by atoms with Crippen LogP contribution in [0.1, 0.15) is 38.5 Å². The summed E-state index contributed by atoms with van der Waals surface area (Å²) < 4.78 is 5.40. The summed E-state index contributed by atoms with van der Waals surface area (Å²) >= 11 is 7.94. The molecule has 9 heteroatoms. The van der Waals surface area contributed by atoms with Crippen molar-refractivity contribution in [3.05, 3.63) is 22.7 Å². The van der Waals surface area contributed by atoms with Gasteiger partial charge in [-0.05, 0) is 44.6 Å². The van der Waals surface area contributed by atoms with Gasteiger partial charge >= 0.3 is 0 Å². The lowest BCUT2D eigenvalue weighted by molar-refractivity contribution is 0.0456. The molecule has 30 heavy (non-hydrogen) atoms. The molecular formula is C21H27ClN6OS. The van der Waals surface area contributed by atoms with Crippen LogP contribution < -0.4 is 16.4 Å². The quantitative estimate of drug-likeness (QED) is 0.607. The predicted octanol–water partition coefficient (Wildman–Crippen LogP) is 4.27. The maximum Gasteiger partial charge on any atom is 0.183 e. The third-order valence-electron chi connectivity index (χ3n) is 6.02. The van der Waals surface area contributed by atoms with Gasteiger partial charge in [-0.1, -0.05) is 11.6 Å². The summed E-state index contributed by atoms with van der Waals surface area (Å²) in [6.45, 7) is 1.84. The van der Waals surface area contributed by atoms with E-state index in [-0.39, 0.29) is 0 Å². The number of thiazole rings is 1. The molecule has 4 N–H and O–H groups in total. The van der Waals surface area contributed by atoms with Crippen LogP contribution in [0.5, 0.6) is 0 Å². The Morgan fingerprint density at radius 2 is 2.07 bits per heavy atom. The Kier molecular flexibility index (Phi) is 6.74. The lowest BCUT2D eigenvalue weighted by atomic mass is 9.82. The van der Waals surface area contributed by atoms with Crippen molar-refractivity contribution in [2.24, 2.45) is 11.1 Å². The topological polar surface area (TPSA) is 109 Å². The molecule has 160 valence electrons. The molecule has 0 spiro atoms. The summed E-state index contributed by atoms with van der Waals surface area (Å²) in [5.74, 6) is 0.808. The van der Waals surface area contributed by atoms with E-state index in [1.54, 1.807) is 6.20 Å². The summed E-state index contributed by atoms with van der Waals surface area (Å²) in [6.07, 6.45) is 7.34. The second-order valence-electron chi connectivity index (χ2n) is 8.20. The molecule has 1 aliphatic carbocycles. The third-order valence-corrected chi connectivity index (χ3v) is 7.13. The van der Waals surface area contributed by atoms with Gasteiger partial charge in [-0.3, -0.25) is 0 Å². The average Bonchev–Trinajstić information content (AvgIpc) is 3.25.